The summed E-state index contributed by atoms with van der Waals surface area (Å²) in [6, 6.07) is 9.83. The SMILES string of the molecule is C[C@@H](NC(=O)c1ccc(N2CCCCS2(=O)=O)cc1Cl)c1nnc2ccccn12. The number of hydrogen-bond donors (Lipinski definition) is 1. The molecule has 1 atom stereocenters. The third-order valence-electron chi connectivity index (χ3n) is 4.91. The molecule has 10 heteroatoms. The van der Waals surface area contributed by atoms with Gasteiger partial charge >= 0.3 is 0 Å². The summed E-state index contributed by atoms with van der Waals surface area (Å²) in [6.45, 7) is 2.23. The van der Waals surface area contributed by atoms with E-state index < -0.39 is 16.1 Å². The number of benzene rings is 1. The van der Waals surface area contributed by atoms with Gasteiger partial charge in [-0.15, -0.1) is 10.2 Å². The largest absolute Gasteiger partial charge is 0.342 e. The molecular weight excluding hydrogens is 414 g/mol. The van der Waals surface area contributed by atoms with Crippen molar-refractivity contribution in [3.63, 3.8) is 0 Å². The van der Waals surface area contributed by atoms with Crippen molar-refractivity contribution >= 4 is 38.9 Å². The van der Waals surface area contributed by atoms with Gasteiger partial charge < -0.3 is 5.32 Å². The topological polar surface area (TPSA) is 96.7 Å². The van der Waals surface area contributed by atoms with Gasteiger partial charge in [-0.05, 0) is 50.1 Å². The Morgan fingerprint density at radius 1 is 1.21 bits per heavy atom. The van der Waals surface area contributed by atoms with Crippen LogP contribution in [-0.2, 0) is 10.0 Å². The Labute approximate surface area is 173 Å². The Kier molecular flexibility index (Phi) is 5.18. The zero-order valence-electron chi connectivity index (χ0n) is 15.7. The number of pyridine rings is 1. The number of sulfonamides is 1. The summed E-state index contributed by atoms with van der Waals surface area (Å²) in [7, 11) is -3.34. The van der Waals surface area contributed by atoms with Crippen molar-refractivity contribution in [2.75, 3.05) is 16.6 Å². The second kappa shape index (κ2) is 7.64. The van der Waals surface area contributed by atoms with Crippen molar-refractivity contribution in [2.45, 2.75) is 25.8 Å². The number of amides is 1. The van der Waals surface area contributed by atoms with Crippen molar-refractivity contribution in [2.24, 2.45) is 0 Å². The molecule has 4 rings (SSSR count). The van der Waals surface area contributed by atoms with Gasteiger partial charge in [-0.25, -0.2) is 8.42 Å². The lowest BCUT2D eigenvalue weighted by atomic mass is 10.1. The van der Waals surface area contributed by atoms with Gasteiger partial charge in [-0.2, -0.15) is 0 Å². The van der Waals surface area contributed by atoms with Gasteiger partial charge in [-0.3, -0.25) is 13.5 Å². The molecule has 0 saturated carbocycles. The molecule has 1 fully saturated rings. The Bertz CT molecular complexity index is 1180. The first-order chi connectivity index (χ1) is 13.9. The predicted molar refractivity (Wildman–Crippen MR) is 111 cm³/mol. The van der Waals surface area contributed by atoms with Crippen LogP contribution < -0.4 is 9.62 Å². The van der Waals surface area contributed by atoms with E-state index in [1.807, 2.05) is 31.3 Å². The number of rotatable bonds is 4. The first kappa shape index (κ1) is 19.7. The van der Waals surface area contributed by atoms with Crippen LogP contribution in [0.5, 0.6) is 0 Å². The number of aromatic nitrogens is 3. The van der Waals surface area contributed by atoms with Crippen molar-refractivity contribution < 1.29 is 13.2 Å². The molecule has 1 aliphatic heterocycles. The fourth-order valence-corrected chi connectivity index (χ4v) is 5.31. The number of hydrogen-bond acceptors (Lipinski definition) is 5. The lowest BCUT2D eigenvalue weighted by molar-refractivity contribution is 0.0938. The van der Waals surface area contributed by atoms with Crippen LogP contribution in [0.4, 0.5) is 5.69 Å². The number of carbonyl (C=O) groups excluding carboxylic acids is 1. The minimum atomic E-state index is -3.34. The van der Waals surface area contributed by atoms with Crippen LogP contribution in [0.1, 0.15) is 42.0 Å². The summed E-state index contributed by atoms with van der Waals surface area (Å²) in [6.07, 6.45) is 3.28. The molecule has 1 amide bonds. The third kappa shape index (κ3) is 3.79. The van der Waals surface area contributed by atoms with E-state index in [4.69, 9.17) is 11.6 Å². The zero-order chi connectivity index (χ0) is 20.6. The summed E-state index contributed by atoms with van der Waals surface area (Å²) in [4.78, 5) is 12.7. The molecule has 1 aromatic carbocycles. The number of anilines is 1. The first-order valence-electron chi connectivity index (χ1n) is 9.27. The van der Waals surface area contributed by atoms with Gasteiger partial charge in [0, 0.05) is 12.7 Å². The Morgan fingerprint density at radius 2 is 2.03 bits per heavy atom. The molecule has 0 radical (unpaired) electrons. The highest BCUT2D eigenvalue weighted by Gasteiger charge is 2.27. The second-order valence-electron chi connectivity index (χ2n) is 6.94. The molecule has 1 saturated heterocycles. The van der Waals surface area contributed by atoms with Crippen LogP contribution in [-0.4, -0.2) is 41.2 Å². The minimum Gasteiger partial charge on any atom is -0.342 e. The normalized spacial score (nSPS) is 17.2. The molecule has 3 aromatic rings. The number of carbonyl (C=O) groups is 1. The van der Waals surface area contributed by atoms with E-state index >= 15 is 0 Å². The van der Waals surface area contributed by atoms with E-state index in [1.165, 1.54) is 10.4 Å². The van der Waals surface area contributed by atoms with E-state index in [0.29, 0.717) is 30.1 Å². The van der Waals surface area contributed by atoms with E-state index in [9.17, 15) is 13.2 Å². The number of fused-ring (bicyclic) bond motifs is 1. The average molecular weight is 434 g/mol. The van der Waals surface area contributed by atoms with Crippen LogP contribution in [0.3, 0.4) is 0 Å². The van der Waals surface area contributed by atoms with Gasteiger partial charge in [0.15, 0.2) is 11.5 Å². The maximum atomic E-state index is 12.7. The summed E-state index contributed by atoms with van der Waals surface area (Å²) in [5.74, 6) is 0.348. The lowest BCUT2D eigenvalue weighted by Crippen LogP contribution is -2.37. The summed E-state index contributed by atoms with van der Waals surface area (Å²) in [5, 5.41) is 11.3. The number of halogens is 1. The molecule has 0 bridgehead atoms. The fourth-order valence-electron chi connectivity index (χ4n) is 3.42. The number of nitrogens with zero attached hydrogens (tertiary/aromatic N) is 4. The molecule has 29 heavy (non-hydrogen) atoms. The highest BCUT2D eigenvalue weighted by Crippen LogP contribution is 2.28. The van der Waals surface area contributed by atoms with Gasteiger partial charge in [0.05, 0.1) is 28.1 Å². The third-order valence-corrected chi connectivity index (χ3v) is 7.09. The molecule has 0 spiro atoms. The Morgan fingerprint density at radius 3 is 2.79 bits per heavy atom. The monoisotopic (exact) mass is 433 g/mol. The van der Waals surface area contributed by atoms with Gasteiger partial charge in [0.2, 0.25) is 10.0 Å². The van der Waals surface area contributed by atoms with Gasteiger partial charge in [0.25, 0.3) is 5.91 Å². The van der Waals surface area contributed by atoms with Crippen LogP contribution in [0.25, 0.3) is 5.65 Å². The smallest absolute Gasteiger partial charge is 0.253 e. The van der Waals surface area contributed by atoms with Gasteiger partial charge in [-0.1, -0.05) is 17.7 Å². The fraction of sp³-hybridized carbons (Fsp3) is 0.316. The zero-order valence-corrected chi connectivity index (χ0v) is 17.3. The minimum absolute atomic E-state index is 0.122. The molecule has 0 unspecified atom stereocenters. The highest BCUT2D eigenvalue weighted by molar-refractivity contribution is 7.92. The summed E-state index contributed by atoms with van der Waals surface area (Å²) in [5.41, 5.74) is 1.43. The van der Waals surface area contributed by atoms with Crippen molar-refractivity contribution in [3.8, 4) is 0 Å². The van der Waals surface area contributed by atoms with Crippen LogP contribution >= 0.6 is 11.6 Å². The molecule has 152 valence electrons. The quantitative estimate of drug-likeness (QED) is 0.682. The van der Waals surface area contributed by atoms with Crippen LogP contribution in [0.15, 0.2) is 42.6 Å². The summed E-state index contributed by atoms with van der Waals surface area (Å²) >= 11 is 6.32. The average Bonchev–Trinajstić information content (AvgIpc) is 3.11. The predicted octanol–water partition coefficient (Wildman–Crippen LogP) is 2.80. The summed E-state index contributed by atoms with van der Waals surface area (Å²) < 4.78 is 27.7. The molecule has 8 nitrogen and oxygen atoms in total. The van der Waals surface area contributed by atoms with Gasteiger partial charge in [0.1, 0.15) is 0 Å². The first-order valence-corrected chi connectivity index (χ1v) is 11.3. The molecule has 2 aromatic heterocycles. The van der Waals surface area contributed by atoms with E-state index in [0.717, 1.165) is 6.42 Å². The Hall–Kier alpha value is -2.65. The number of nitrogens with one attached hydrogen (secondary N) is 1. The van der Waals surface area contributed by atoms with Crippen molar-refractivity contribution in [3.05, 3.63) is 59.0 Å². The second-order valence-corrected chi connectivity index (χ2v) is 9.36. The van der Waals surface area contributed by atoms with Crippen molar-refractivity contribution in [1.29, 1.82) is 0 Å². The van der Waals surface area contributed by atoms with Crippen LogP contribution in [0.2, 0.25) is 5.02 Å². The lowest BCUT2D eigenvalue weighted by Gasteiger charge is -2.28. The van der Waals surface area contributed by atoms with E-state index in [2.05, 4.69) is 15.5 Å². The maximum Gasteiger partial charge on any atom is 0.253 e. The molecule has 1 N–H and O–H groups in total. The molecular formula is C19H20ClN5O3S. The highest BCUT2D eigenvalue weighted by atomic mass is 35.5. The molecule has 0 aliphatic carbocycles. The Balaban J connectivity index is 1.54. The maximum absolute atomic E-state index is 12.7. The standard InChI is InChI=1S/C19H20ClN5O3S/c1-13(18-23-22-17-6-2-3-9-24(17)18)21-19(26)15-8-7-14(12-16(15)20)25-10-4-5-11-29(25,27)28/h2-3,6-9,12-13H,4-5,10-11H2,1H3,(H,21,26)/t13-/m1/s1. The molecule has 3 heterocycles. The van der Waals surface area contributed by atoms with Crippen molar-refractivity contribution in [1.82, 2.24) is 19.9 Å². The van der Waals surface area contributed by atoms with E-state index in [-0.39, 0.29) is 22.2 Å². The molecule has 1 aliphatic rings. The van der Waals surface area contributed by atoms with Crippen LogP contribution in [0, 0.1) is 0 Å². The van der Waals surface area contributed by atoms with E-state index in [1.54, 1.807) is 16.5 Å².